The predicted molar refractivity (Wildman–Crippen MR) is 120 cm³/mol. The van der Waals surface area contributed by atoms with Gasteiger partial charge in [0.1, 0.15) is 5.75 Å². The fourth-order valence-corrected chi connectivity index (χ4v) is 3.47. The number of rotatable bonds is 8. The molecule has 31 heavy (non-hydrogen) atoms. The molecular weight excluding hydrogens is 397 g/mol. The molecular formula is C23H32FN5O2. The molecule has 3 rings (SSSR count). The minimum Gasteiger partial charge on any atom is -0.453 e. The lowest BCUT2D eigenvalue weighted by Crippen LogP contribution is -2.50. The molecule has 168 valence electrons. The Labute approximate surface area is 183 Å². The van der Waals surface area contributed by atoms with Crippen LogP contribution in [-0.2, 0) is 11.3 Å². The van der Waals surface area contributed by atoms with E-state index in [4.69, 9.17) is 9.47 Å². The van der Waals surface area contributed by atoms with Gasteiger partial charge < -0.3 is 20.1 Å². The minimum absolute atomic E-state index is 0.118. The third-order valence-electron chi connectivity index (χ3n) is 4.89. The number of hydrogen-bond donors (Lipinski definition) is 2. The summed E-state index contributed by atoms with van der Waals surface area (Å²) in [5, 5.41) is 6.52. The molecule has 1 atom stereocenters. The highest BCUT2D eigenvalue weighted by Crippen LogP contribution is 2.24. The van der Waals surface area contributed by atoms with Crippen LogP contribution in [0.5, 0.6) is 11.5 Å². The van der Waals surface area contributed by atoms with Gasteiger partial charge in [-0.25, -0.2) is 4.39 Å². The maximum absolute atomic E-state index is 14.4. The molecule has 1 unspecified atom stereocenters. The van der Waals surface area contributed by atoms with Gasteiger partial charge in [0.25, 0.3) is 0 Å². The van der Waals surface area contributed by atoms with Gasteiger partial charge in [0, 0.05) is 46.0 Å². The van der Waals surface area contributed by atoms with Crippen molar-refractivity contribution in [3.63, 3.8) is 0 Å². The molecule has 1 aliphatic rings. The number of guanidine groups is 1. The molecule has 0 saturated carbocycles. The Morgan fingerprint density at radius 1 is 1.35 bits per heavy atom. The Hall–Kier alpha value is -2.71. The van der Waals surface area contributed by atoms with E-state index in [1.54, 1.807) is 37.6 Å². The van der Waals surface area contributed by atoms with Crippen LogP contribution in [0.1, 0.15) is 19.4 Å². The van der Waals surface area contributed by atoms with Gasteiger partial charge in [-0.15, -0.1) is 0 Å². The lowest BCUT2D eigenvalue weighted by molar-refractivity contribution is -0.0284. The first kappa shape index (κ1) is 23.0. The Morgan fingerprint density at radius 3 is 2.94 bits per heavy atom. The van der Waals surface area contributed by atoms with Crippen molar-refractivity contribution >= 4 is 5.96 Å². The zero-order chi connectivity index (χ0) is 22.1. The number of pyridine rings is 1. The summed E-state index contributed by atoms with van der Waals surface area (Å²) in [6.45, 7) is 9.29. The second-order valence-corrected chi connectivity index (χ2v) is 8.01. The Balaban J connectivity index is 1.46. The number of nitrogens with one attached hydrogen (secondary N) is 2. The summed E-state index contributed by atoms with van der Waals surface area (Å²) in [6.07, 6.45) is 3.30. The molecule has 0 aliphatic carbocycles. The molecule has 0 amide bonds. The van der Waals surface area contributed by atoms with Crippen molar-refractivity contribution in [1.29, 1.82) is 0 Å². The van der Waals surface area contributed by atoms with Crippen LogP contribution in [0.2, 0.25) is 0 Å². The van der Waals surface area contributed by atoms with Gasteiger partial charge in [-0.2, -0.15) is 0 Å². The van der Waals surface area contributed by atoms with E-state index < -0.39 is 5.82 Å². The van der Waals surface area contributed by atoms with Crippen LogP contribution in [0, 0.1) is 11.7 Å². The average molecular weight is 430 g/mol. The summed E-state index contributed by atoms with van der Waals surface area (Å²) in [5.41, 5.74) is 0.788. The van der Waals surface area contributed by atoms with E-state index in [1.165, 1.54) is 6.07 Å². The van der Waals surface area contributed by atoms with Gasteiger partial charge in [-0.1, -0.05) is 19.9 Å². The maximum atomic E-state index is 14.4. The van der Waals surface area contributed by atoms with Gasteiger partial charge in [-0.3, -0.25) is 14.9 Å². The molecule has 0 bridgehead atoms. The monoisotopic (exact) mass is 429 g/mol. The number of benzene rings is 1. The lowest BCUT2D eigenvalue weighted by Gasteiger charge is -2.34. The van der Waals surface area contributed by atoms with Crippen molar-refractivity contribution in [1.82, 2.24) is 20.5 Å². The third kappa shape index (κ3) is 7.48. The number of halogens is 1. The minimum atomic E-state index is -0.424. The van der Waals surface area contributed by atoms with Crippen molar-refractivity contribution < 1.29 is 13.9 Å². The quantitative estimate of drug-likeness (QED) is 0.497. The lowest BCUT2D eigenvalue weighted by atomic mass is 10.2. The highest BCUT2D eigenvalue weighted by molar-refractivity contribution is 5.79. The van der Waals surface area contributed by atoms with E-state index in [9.17, 15) is 4.39 Å². The van der Waals surface area contributed by atoms with Crippen molar-refractivity contribution in [2.24, 2.45) is 10.9 Å². The molecule has 2 aromatic rings. The second kappa shape index (κ2) is 11.6. The summed E-state index contributed by atoms with van der Waals surface area (Å²) in [4.78, 5) is 10.7. The van der Waals surface area contributed by atoms with Crippen LogP contribution in [0.25, 0.3) is 0 Å². The molecule has 1 aromatic heterocycles. The summed E-state index contributed by atoms with van der Waals surface area (Å²) in [5.74, 6) is 1.53. The van der Waals surface area contributed by atoms with E-state index >= 15 is 0 Å². The summed E-state index contributed by atoms with van der Waals surface area (Å²) in [7, 11) is 1.72. The van der Waals surface area contributed by atoms with Crippen LogP contribution < -0.4 is 15.4 Å². The predicted octanol–water partition coefficient (Wildman–Crippen LogP) is 3.03. The topological polar surface area (TPSA) is 71.0 Å². The number of ether oxygens (including phenoxy) is 2. The van der Waals surface area contributed by atoms with E-state index in [-0.39, 0.29) is 11.9 Å². The van der Waals surface area contributed by atoms with Crippen molar-refractivity contribution in [3.8, 4) is 11.5 Å². The van der Waals surface area contributed by atoms with Crippen LogP contribution in [0.15, 0.2) is 47.7 Å². The fourth-order valence-electron chi connectivity index (χ4n) is 3.47. The standard InChI is InChI=1S/C23H32FN5O2/c1-17(2)15-29-9-10-30-20(16-29)14-28-23(25-3)27-12-18-6-7-22(21(24)11-18)31-19-5-4-8-26-13-19/h4-8,11,13,17,20H,9-10,12,14-16H2,1-3H3,(H2,25,27,28). The zero-order valence-electron chi connectivity index (χ0n) is 18.5. The normalized spacial score (nSPS) is 17.6. The van der Waals surface area contributed by atoms with Gasteiger partial charge in [0.2, 0.25) is 0 Å². The molecule has 8 heteroatoms. The number of hydrogen-bond acceptors (Lipinski definition) is 5. The Kier molecular flexibility index (Phi) is 8.61. The van der Waals surface area contributed by atoms with Gasteiger partial charge in [0.05, 0.1) is 18.9 Å². The molecule has 1 saturated heterocycles. The van der Waals surface area contributed by atoms with Crippen LogP contribution in [-0.4, -0.2) is 61.8 Å². The number of aromatic nitrogens is 1. The molecule has 2 heterocycles. The first-order valence-electron chi connectivity index (χ1n) is 10.7. The zero-order valence-corrected chi connectivity index (χ0v) is 18.5. The summed E-state index contributed by atoms with van der Waals surface area (Å²) in [6, 6.07) is 8.37. The van der Waals surface area contributed by atoms with E-state index in [0.29, 0.717) is 30.7 Å². The van der Waals surface area contributed by atoms with Gasteiger partial charge >= 0.3 is 0 Å². The molecule has 0 radical (unpaired) electrons. The highest BCUT2D eigenvalue weighted by Gasteiger charge is 2.21. The Bertz CT molecular complexity index is 847. The van der Waals surface area contributed by atoms with Crippen LogP contribution in [0.3, 0.4) is 0 Å². The van der Waals surface area contributed by atoms with Gasteiger partial charge in [-0.05, 0) is 35.7 Å². The summed E-state index contributed by atoms with van der Waals surface area (Å²) < 4.78 is 25.8. The van der Waals surface area contributed by atoms with E-state index in [0.717, 1.165) is 31.8 Å². The fraction of sp³-hybridized carbons (Fsp3) is 0.478. The maximum Gasteiger partial charge on any atom is 0.191 e. The molecule has 1 aromatic carbocycles. The first-order valence-corrected chi connectivity index (χ1v) is 10.7. The highest BCUT2D eigenvalue weighted by atomic mass is 19.1. The average Bonchev–Trinajstić information content (AvgIpc) is 2.76. The molecule has 7 nitrogen and oxygen atoms in total. The number of nitrogens with zero attached hydrogens (tertiary/aromatic N) is 3. The number of morpholine rings is 1. The molecule has 2 N–H and O–H groups in total. The smallest absolute Gasteiger partial charge is 0.191 e. The first-order chi connectivity index (χ1) is 15.0. The largest absolute Gasteiger partial charge is 0.453 e. The molecule has 1 fully saturated rings. The van der Waals surface area contributed by atoms with Crippen molar-refractivity contribution in [2.75, 3.05) is 39.8 Å². The number of aliphatic imine (C=N–C) groups is 1. The van der Waals surface area contributed by atoms with Crippen LogP contribution >= 0.6 is 0 Å². The van der Waals surface area contributed by atoms with Crippen molar-refractivity contribution in [3.05, 3.63) is 54.1 Å². The Morgan fingerprint density at radius 2 is 2.23 bits per heavy atom. The van der Waals surface area contributed by atoms with Gasteiger partial charge in [0.15, 0.2) is 17.5 Å². The molecule has 0 spiro atoms. The molecule has 1 aliphatic heterocycles. The SMILES string of the molecule is CN=C(NCc1ccc(Oc2cccnc2)c(F)c1)NCC1CN(CC(C)C)CCO1. The van der Waals surface area contributed by atoms with E-state index in [2.05, 4.69) is 39.4 Å². The van der Waals surface area contributed by atoms with Crippen molar-refractivity contribution in [2.45, 2.75) is 26.5 Å². The summed E-state index contributed by atoms with van der Waals surface area (Å²) >= 11 is 0. The third-order valence-corrected chi connectivity index (χ3v) is 4.89. The van der Waals surface area contributed by atoms with Crippen LogP contribution in [0.4, 0.5) is 4.39 Å². The van der Waals surface area contributed by atoms with E-state index in [1.807, 2.05) is 6.07 Å². The second-order valence-electron chi connectivity index (χ2n) is 8.01.